The molecule has 1 aliphatic heterocycles. The minimum Gasteiger partial charge on any atom is -0.393 e. The molecule has 19 heavy (non-hydrogen) atoms. The van der Waals surface area contributed by atoms with Crippen molar-refractivity contribution in [3.8, 4) is 0 Å². The van der Waals surface area contributed by atoms with Crippen molar-refractivity contribution in [2.75, 3.05) is 13.1 Å². The summed E-state index contributed by atoms with van der Waals surface area (Å²) in [5, 5.41) is 10.5. The summed E-state index contributed by atoms with van der Waals surface area (Å²) in [7, 11) is 0. The first kappa shape index (κ1) is 14.8. The van der Waals surface area contributed by atoms with Gasteiger partial charge in [-0.25, -0.2) is 0 Å². The lowest BCUT2D eigenvalue weighted by atomic mass is 9.99. The molecule has 1 aromatic rings. The second-order valence-electron chi connectivity index (χ2n) is 5.61. The minimum atomic E-state index is -0.259. The number of nitrogens with two attached hydrogens (primary N) is 1. The van der Waals surface area contributed by atoms with Crippen LogP contribution < -0.4 is 5.73 Å². The van der Waals surface area contributed by atoms with Crippen molar-refractivity contribution >= 4 is 11.6 Å². The zero-order valence-corrected chi connectivity index (χ0v) is 12.3. The van der Waals surface area contributed by atoms with Crippen molar-refractivity contribution in [2.45, 2.75) is 38.5 Å². The van der Waals surface area contributed by atoms with Crippen LogP contribution in [0.4, 0.5) is 0 Å². The summed E-state index contributed by atoms with van der Waals surface area (Å²) in [6.45, 7) is 5.73. The Balaban J connectivity index is 2.21. The summed E-state index contributed by atoms with van der Waals surface area (Å²) < 4.78 is 0. The Morgan fingerprint density at radius 2 is 2.05 bits per heavy atom. The van der Waals surface area contributed by atoms with E-state index < -0.39 is 0 Å². The summed E-state index contributed by atoms with van der Waals surface area (Å²) in [5.74, 6) is 0.337. The van der Waals surface area contributed by atoms with Crippen molar-refractivity contribution in [3.63, 3.8) is 0 Å². The van der Waals surface area contributed by atoms with Crippen LogP contribution in [0.5, 0.6) is 0 Å². The Morgan fingerprint density at radius 1 is 1.37 bits per heavy atom. The third kappa shape index (κ3) is 3.29. The molecule has 1 saturated heterocycles. The lowest BCUT2D eigenvalue weighted by molar-refractivity contribution is 0.119. The van der Waals surface area contributed by atoms with Gasteiger partial charge in [-0.2, -0.15) is 0 Å². The molecule has 0 aliphatic carbocycles. The first-order chi connectivity index (χ1) is 9.00. The maximum absolute atomic E-state index is 9.73. The maximum Gasteiger partial charge on any atom is 0.0552 e. The van der Waals surface area contributed by atoms with Gasteiger partial charge in [0.15, 0.2) is 0 Å². The SMILES string of the molecule is CC(N)C(c1ccccc1Cl)N1CCC(C(C)O)C1. The van der Waals surface area contributed by atoms with E-state index in [1.165, 1.54) is 0 Å². The number of aliphatic hydroxyl groups excluding tert-OH is 1. The summed E-state index contributed by atoms with van der Waals surface area (Å²) >= 11 is 6.31. The number of hydrogen-bond acceptors (Lipinski definition) is 3. The van der Waals surface area contributed by atoms with Crippen LogP contribution in [0.2, 0.25) is 5.02 Å². The van der Waals surface area contributed by atoms with Crippen LogP contribution in [0.25, 0.3) is 0 Å². The molecule has 3 nitrogen and oxygen atoms in total. The van der Waals surface area contributed by atoms with Gasteiger partial charge >= 0.3 is 0 Å². The van der Waals surface area contributed by atoms with Gasteiger partial charge in [-0.1, -0.05) is 29.8 Å². The van der Waals surface area contributed by atoms with E-state index in [9.17, 15) is 5.11 Å². The van der Waals surface area contributed by atoms with Gasteiger partial charge < -0.3 is 10.8 Å². The van der Waals surface area contributed by atoms with E-state index in [4.69, 9.17) is 17.3 Å². The quantitative estimate of drug-likeness (QED) is 0.892. The van der Waals surface area contributed by atoms with Crippen molar-refractivity contribution < 1.29 is 5.11 Å². The molecule has 0 aromatic heterocycles. The van der Waals surface area contributed by atoms with Crippen LogP contribution in [-0.2, 0) is 0 Å². The van der Waals surface area contributed by atoms with Crippen LogP contribution in [0.1, 0.15) is 31.9 Å². The number of rotatable bonds is 4. The average Bonchev–Trinajstić information content (AvgIpc) is 2.81. The summed E-state index contributed by atoms with van der Waals surface area (Å²) in [4.78, 5) is 2.35. The van der Waals surface area contributed by atoms with E-state index in [0.29, 0.717) is 5.92 Å². The zero-order chi connectivity index (χ0) is 14.0. The monoisotopic (exact) mass is 282 g/mol. The lowest BCUT2D eigenvalue weighted by Crippen LogP contribution is -2.39. The molecule has 4 heteroatoms. The zero-order valence-electron chi connectivity index (χ0n) is 11.6. The Morgan fingerprint density at radius 3 is 2.58 bits per heavy atom. The van der Waals surface area contributed by atoms with Crippen molar-refractivity contribution in [1.82, 2.24) is 4.90 Å². The third-order valence-corrected chi connectivity index (χ3v) is 4.40. The van der Waals surface area contributed by atoms with Gasteiger partial charge in [0.1, 0.15) is 0 Å². The van der Waals surface area contributed by atoms with Gasteiger partial charge in [0.25, 0.3) is 0 Å². The van der Waals surface area contributed by atoms with E-state index in [1.807, 2.05) is 38.1 Å². The molecule has 1 fully saturated rings. The highest BCUT2D eigenvalue weighted by Gasteiger charge is 2.33. The van der Waals surface area contributed by atoms with E-state index >= 15 is 0 Å². The number of halogens is 1. The minimum absolute atomic E-state index is 0.00708. The summed E-state index contributed by atoms with van der Waals surface area (Å²) in [6, 6.07) is 8.02. The van der Waals surface area contributed by atoms with Crippen LogP contribution >= 0.6 is 11.6 Å². The molecule has 0 spiro atoms. The highest BCUT2D eigenvalue weighted by molar-refractivity contribution is 6.31. The standard InChI is InChI=1S/C15H23ClN2O/c1-10(17)15(13-5-3-4-6-14(13)16)18-8-7-12(9-18)11(2)19/h3-6,10-12,15,19H,7-9,17H2,1-2H3. The molecule has 1 aliphatic rings. The van der Waals surface area contributed by atoms with Gasteiger partial charge in [-0.05, 0) is 44.4 Å². The van der Waals surface area contributed by atoms with Gasteiger partial charge in [0.05, 0.1) is 12.1 Å². The first-order valence-electron chi connectivity index (χ1n) is 6.93. The van der Waals surface area contributed by atoms with E-state index in [-0.39, 0.29) is 18.2 Å². The van der Waals surface area contributed by atoms with Gasteiger partial charge in [-0.3, -0.25) is 4.90 Å². The van der Waals surface area contributed by atoms with Crippen molar-refractivity contribution in [1.29, 1.82) is 0 Å². The van der Waals surface area contributed by atoms with Crippen LogP contribution in [0.15, 0.2) is 24.3 Å². The van der Waals surface area contributed by atoms with Gasteiger partial charge in [0, 0.05) is 17.6 Å². The maximum atomic E-state index is 9.73. The van der Waals surface area contributed by atoms with Crippen LogP contribution in [-0.4, -0.2) is 35.2 Å². The third-order valence-electron chi connectivity index (χ3n) is 4.05. The van der Waals surface area contributed by atoms with Crippen LogP contribution in [0, 0.1) is 5.92 Å². The fraction of sp³-hybridized carbons (Fsp3) is 0.600. The summed E-state index contributed by atoms with van der Waals surface area (Å²) in [6.07, 6.45) is 0.760. The van der Waals surface area contributed by atoms with Crippen LogP contribution in [0.3, 0.4) is 0 Å². The predicted octanol–water partition coefficient (Wildman–Crippen LogP) is 2.43. The molecular formula is C15H23ClN2O. The molecule has 4 unspecified atom stereocenters. The summed E-state index contributed by atoms with van der Waals surface area (Å²) in [5.41, 5.74) is 7.26. The van der Waals surface area contributed by atoms with Gasteiger partial charge in [0.2, 0.25) is 0 Å². The second-order valence-corrected chi connectivity index (χ2v) is 6.02. The lowest BCUT2D eigenvalue weighted by Gasteiger charge is -2.32. The van der Waals surface area contributed by atoms with E-state index in [1.54, 1.807) is 0 Å². The Bertz CT molecular complexity index is 422. The normalized spacial score (nSPS) is 25.2. The molecule has 1 heterocycles. The highest BCUT2D eigenvalue weighted by atomic mass is 35.5. The number of likely N-dealkylation sites (tertiary alicyclic amines) is 1. The van der Waals surface area contributed by atoms with Crippen molar-refractivity contribution in [3.05, 3.63) is 34.9 Å². The largest absolute Gasteiger partial charge is 0.393 e. The molecule has 1 aromatic carbocycles. The molecule has 2 rings (SSSR count). The topological polar surface area (TPSA) is 49.5 Å². The second kappa shape index (κ2) is 6.23. The Kier molecular flexibility index (Phi) is 4.85. The Labute approximate surface area is 120 Å². The fourth-order valence-electron chi connectivity index (χ4n) is 2.99. The molecule has 0 saturated carbocycles. The molecule has 0 amide bonds. The molecule has 0 bridgehead atoms. The smallest absolute Gasteiger partial charge is 0.0552 e. The number of benzene rings is 1. The number of nitrogens with zero attached hydrogens (tertiary/aromatic N) is 1. The van der Waals surface area contributed by atoms with E-state index in [0.717, 1.165) is 30.1 Å². The predicted molar refractivity (Wildman–Crippen MR) is 79.2 cm³/mol. The molecular weight excluding hydrogens is 260 g/mol. The van der Waals surface area contributed by atoms with E-state index in [2.05, 4.69) is 4.90 Å². The highest BCUT2D eigenvalue weighted by Crippen LogP contribution is 2.34. The fourth-order valence-corrected chi connectivity index (χ4v) is 3.24. The molecule has 3 N–H and O–H groups in total. The Hall–Kier alpha value is -0.610. The molecule has 106 valence electrons. The molecule has 4 atom stereocenters. The average molecular weight is 283 g/mol. The number of aliphatic hydroxyl groups is 1. The van der Waals surface area contributed by atoms with Gasteiger partial charge in [-0.15, -0.1) is 0 Å². The molecule has 0 radical (unpaired) electrons. The first-order valence-corrected chi connectivity index (χ1v) is 7.30. The van der Waals surface area contributed by atoms with Crippen molar-refractivity contribution in [2.24, 2.45) is 11.7 Å². The number of hydrogen-bond donors (Lipinski definition) is 2.